The Kier molecular flexibility index (Phi) is 5.86. The molecule has 4 rings (SSSR count). The second-order valence-corrected chi connectivity index (χ2v) is 7.83. The normalized spacial score (nSPS) is 16.3. The molecule has 0 radical (unpaired) electrons. The zero-order valence-corrected chi connectivity index (χ0v) is 18.7. The maximum Gasteiger partial charge on any atom is 0.255 e. The quantitative estimate of drug-likeness (QED) is 0.600. The Hall–Kier alpha value is -3.80. The molecule has 6 nitrogen and oxygen atoms in total. The molecule has 1 atom stereocenters. The van der Waals surface area contributed by atoms with Crippen LogP contribution >= 0.6 is 0 Å². The Morgan fingerprint density at radius 1 is 0.750 bits per heavy atom. The van der Waals surface area contributed by atoms with Crippen LogP contribution in [-0.4, -0.2) is 32.6 Å². The van der Waals surface area contributed by atoms with Crippen molar-refractivity contribution in [2.45, 2.75) is 19.9 Å². The number of piperazine rings is 1. The molecule has 0 bridgehead atoms. The molecule has 2 amide bonds. The minimum absolute atomic E-state index is 0.0278. The Morgan fingerprint density at radius 2 is 1.31 bits per heavy atom. The third-order valence-electron chi connectivity index (χ3n) is 5.90. The molecule has 1 aliphatic rings. The van der Waals surface area contributed by atoms with Crippen LogP contribution in [0.25, 0.3) is 0 Å². The molecule has 0 saturated carbocycles. The number of amides is 2. The SMILES string of the molecule is COc1ccc([C@H]2C(=O)N(c3ccc(C)c(C)c3)CC(=O)N2c2ccc(OC)cc2)cc1. The lowest BCUT2D eigenvalue weighted by atomic mass is 9.98. The van der Waals surface area contributed by atoms with Gasteiger partial charge in [-0.1, -0.05) is 18.2 Å². The van der Waals surface area contributed by atoms with E-state index in [0.29, 0.717) is 22.7 Å². The fraction of sp³-hybridized carbons (Fsp3) is 0.231. The average molecular weight is 431 g/mol. The minimum Gasteiger partial charge on any atom is -0.497 e. The Morgan fingerprint density at radius 3 is 1.88 bits per heavy atom. The van der Waals surface area contributed by atoms with Gasteiger partial charge in [0.05, 0.1) is 14.2 Å². The van der Waals surface area contributed by atoms with E-state index in [1.54, 1.807) is 60.4 Å². The second-order valence-electron chi connectivity index (χ2n) is 7.83. The number of carbonyl (C=O) groups is 2. The highest BCUT2D eigenvalue weighted by atomic mass is 16.5. The second kappa shape index (κ2) is 8.75. The van der Waals surface area contributed by atoms with Gasteiger partial charge in [0, 0.05) is 11.4 Å². The van der Waals surface area contributed by atoms with Crippen LogP contribution in [0.15, 0.2) is 66.7 Å². The van der Waals surface area contributed by atoms with Crippen LogP contribution in [0.4, 0.5) is 11.4 Å². The highest BCUT2D eigenvalue weighted by Crippen LogP contribution is 2.36. The largest absolute Gasteiger partial charge is 0.497 e. The molecule has 0 aromatic heterocycles. The summed E-state index contributed by atoms with van der Waals surface area (Å²) >= 11 is 0. The molecule has 32 heavy (non-hydrogen) atoms. The van der Waals surface area contributed by atoms with Gasteiger partial charge < -0.3 is 14.4 Å². The number of methoxy groups -OCH3 is 2. The molecule has 1 heterocycles. The van der Waals surface area contributed by atoms with E-state index in [0.717, 1.165) is 16.8 Å². The van der Waals surface area contributed by atoms with Gasteiger partial charge in [0.15, 0.2) is 0 Å². The lowest BCUT2D eigenvalue weighted by Gasteiger charge is -2.40. The summed E-state index contributed by atoms with van der Waals surface area (Å²) in [6.45, 7) is 3.99. The van der Waals surface area contributed by atoms with Crippen LogP contribution in [0.5, 0.6) is 11.5 Å². The summed E-state index contributed by atoms with van der Waals surface area (Å²) in [5.74, 6) is 1.05. The topological polar surface area (TPSA) is 59.1 Å². The molecular formula is C26H26N2O4. The third-order valence-corrected chi connectivity index (χ3v) is 5.90. The third kappa shape index (κ3) is 3.91. The molecule has 3 aromatic rings. The van der Waals surface area contributed by atoms with Gasteiger partial charge in [-0.2, -0.15) is 0 Å². The van der Waals surface area contributed by atoms with Crippen LogP contribution in [0.1, 0.15) is 22.7 Å². The van der Waals surface area contributed by atoms with Gasteiger partial charge in [-0.15, -0.1) is 0 Å². The molecule has 0 aliphatic carbocycles. The number of aryl methyl sites for hydroxylation is 2. The van der Waals surface area contributed by atoms with E-state index in [9.17, 15) is 9.59 Å². The van der Waals surface area contributed by atoms with Gasteiger partial charge >= 0.3 is 0 Å². The van der Waals surface area contributed by atoms with Crippen molar-refractivity contribution < 1.29 is 19.1 Å². The van der Waals surface area contributed by atoms with E-state index in [4.69, 9.17) is 9.47 Å². The first-order valence-electron chi connectivity index (χ1n) is 10.4. The van der Waals surface area contributed by atoms with Crippen LogP contribution < -0.4 is 19.3 Å². The van der Waals surface area contributed by atoms with Crippen molar-refractivity contribution in [1.29, 1.82) is 0 Å². The van der Waals surface area contributed by atoms with Crippen molar-refractivity contribution in [3.8, 4) is 11.5 Å². The summed E-state index contributed by atoms with van der Waals surface area (Å²) in [4.78, 5) is 30.4. The van der Waals surface area contributed by atoms with E-state index < -0.39 is 6.04 Å². The summed E-state index contributed by atoms with van der Waals surface area (Å²) in [6, 6.07) is 19.4. The first kappa shape index (κ1) is 21.4. The molecule has 3 aromatic carbocycles. The number of carbonyl (C=O) groups excluding carboxylic acids is 2. The van der Waals surface area contributed by atoms with Crippen molar-refractivity contribution in [2.24, 2.45) is 0 Å². The molecule has 164 valence electrons. The van der Waals surface area contributed by atoms with Gasteiger partial charge in [-0.3, -0.25) is 14.5 Å². The maximum absolute atomic E-state index is 13.8. The van der Waals surface area contributed by atoms with Crippen LogP contribution in [0, 0.1) is 13.8 Å². The van der Waals surface area contributed by atoms with Crippen molar-refractivity contribution in [3.05, 3.63) is 83.4 Å². The molecule has 0 unspecified atom stereocenters. The molecule has 1 aliphatic heterocycles. The summed E-state index contributed by atoms with van der Waals surface area (Å²) in [5, 5.41) is 0. The van der Waals surface area contributed by atoms with Crippen molar-refractivity contribution in [1.82, 2.24) is 0 Å². The zero-order valence-electron chi connectivity index (χ0n) is 18.7. The van der Waals surface area contributed by atoms with E-state index in [1.165, 1.54) is 0 Å². The highest BCUT2D eigenvalue weighted by Gasteiger charge is 2.42. The smallest absolute Gasteiger partial charge is 0.255 e. The van der Waals surface area contributed by atoms with E-state index in [2.05, 4.69) is 0 Å². The lowest BCUT2D eigenvalue weighted by molar-refractivity contribution is -0.128. The van der Waals surface area contributed by atoms with E-state index >= 15 is 0 Å². The highest BCUT2D eigenvalue weighted by molar-refractivity contribution is 6.14. The minimum atomic E-state index is -0.794. The van der Waals surface area contributed by atoms with Crippen LogP contribution in [-0.2, 0) is 9.59 Å². The van der Waals surface area contributed by atoms with Crippen LogP contribution in [0.3, 0.4) is 0 Å². The monoisotopic (exact) mass is 430 g/mol. The number of benzene rings is 3. The number of hydrogen-bond acceptors (Lipinski definition) is 4. The number of hydrogen-bond donors (Lipinski definition) is 0. The van der Waals surface area contributed by atoms with Gasteiger partial charge in [0.1, 0.15) is 24.1 Å². The van der Waals surface area contributed by atoms with E-state index in [1.807, 2.05) is 44.2 Å². The maximum atomic E-state index is 13.8. The van der Waals surface area contributed by atoms with Crippen molar-refractivity contribution >= 4 is 23.2 Å². The molecule has 0 N–H and O–H groups in total. The Labute approximate surface area is 188 Å². The molecule has 1 fully saturated rings. The molecular weight excluding hydrogens is 404 g/mol. The molecule has 1 saturated heterocycles. The zero-order chi connectivity index (χ0) is 22.8. The Bertz CT molecular complexity index is 1140. The summed E-state index contributed by atoms with van der Waals surface area (Å²) in [6.07, 6.45) is 0. The number of anilines is 2. The Balaban J connectivity index is 1.79. The molecule has 6 heteroatoms. The fourth-order valence-corrected chi connectivity index (χ4v) is 3.92. The van der Waals surface area contributed by atoms with Gasteiger partial charge in [0.25, 0.3) is 5.91 Å². The van der Waals surface area contributed by atoms with Gasteiger partial charge in [-0.05, 0) is 79.1 Å². The summed E-state index contributed by atoms with van der Waals surface area (Å²) in [5.41, 5.74) is 4.29. The predicted molar refractivity (Wildman–Crippen MR) is 124 cm³/mol. The van der Waals surface area contributed by atoms with Crippen molar-refractivity contribution in [2.75, 3.05) is 30.6 Å². The fourth-order valence-electron chi connectivity index (χ4n) is 3.92. The predicted octanol–water partition coefficient (Wildman–Crippen LogP) is 4.44. The van der Waals surface area contributed by atoms with Gasteiger partial charge in [0.2, 0.25) is 5.91 Å². The standard InChI is InChI=1S/C26H26N2O4/c1-17-5-8-21(15-18(17)2)27-16-24(29)28(20-9-13-23(32-4)14-10-20)25(26(27)30)19-6-11-22(31-3)12-7-19/h5-15,25H,16H2,1-4H3/t25-/m0/s1. The van der Waals surface area contributed by atoms with Gasteiger partial charge in [-0.25, -0.2) is 0 Å². The first-order chi connectivity index (χ1) is 15.4. The lowest BCUT2D eigenvalue weighted by Crippen LogP contribution is -2.56. The molecule has 0 spiro atoms. The van der Waals surface area contributed by atoms with Crippen molar-refractivity contribution in [3.63, 3.8) is 0 Å². The first-order valence-corrected chi connectivity index (χ1v) is 10.4. The number of nitrogens with zero attached hydrogens (tertiary/aromatic N) is 2. The summed E-state index contributed by atoms with van der Waals surface area (Å²) < 4.78 is 10.5. The number of rotatable bonds is 5. The van der Waals surface area contributed by atoms with E-state index in [-0.39, 0.29) is 18.4 Å². The van der Waals surface area contributed by atoms with Crippen LogP contribution in [0.2, 0.25) is 0 Å². The average Bonchev–Trinajstić information content (AvgIpc) is 2.82. The number of ether oxygens (including phenoxy) is 2. The summed E-state index contributed by atoms with van der Waals surface area (Å²) in [7, 11) is 3.18.